The third-order valence-corrected chi connectivity index (χ3v) is 4.74. The molecule has 1 aromatic rings. The average Bonchev–Trinajstić information content (AvgIpc) is 2.41. The normalized spacial score (nSPS) is 18.6. The van der Waals surface area contributed by atoms with Gasteiger partial charge < -0.3 is 9.47 Å². The highest BCUT2D eigenvalue weighted by molar-refractivity contribution is 9.10. The summed E-state index contributed by atoms with van der Waals surface area (Å²) in [6.07, 6.45) is 2.06. The van der Waals surface area contributed by atoms with Crippen LogP contribution in [0.25, 0.3) is 0 Å². The lowest BCUT2D eigenvalue weighted by Crippen LogP contribution is -2.37. The Morgan fingerprint density at radius 3 is 2.78 bits per heavy atom. The van der Waals surface area contributed by atoms with Gasteiger partial charge in [-0.1, -0.05) is 22.0 Å². The molecule has 0 N–H and O–H groups in total. The summed E-state index contributed by atoms with van der Waals surface area (Å²) in [6.45, 7) is 4.43. The van der Waals surface area contributed by atoms with Gasteiger partial charge in [-0.15, -0.1) is 0 Å². The van der Waals surface area contributed by atoms with Crippen molar-refractivity contribution in [1.29, 1.82) is 0 Å². The van der Waals surface area contributed by atoms with Gasteiger partial charge in [0.05, 0.1) is 6.61 Å². The number of thiol groups is 1. The molecule has 1 fully saturated rings. The zero-order chi connectivity index (χ0) is 13.0. The molecule has 0 aliphatic carbocycles. The topological polar surface area (TPSA) is 18.5 Å². The Balaban J connectivity index is 2.03. The van der Waals surface area contributed by atoms with Gasteiger partial charge in [0.25, 0.3) is 0 Å². The number of benzene rings is 1. The van der Waals surface area contributed by atoms with E-state index in [1.54, 1.807) is 0 Å². The number of rotatable bonds is 4. The van der Waals surface area contributed by atoms with Crippen molar-refractivity contribution in [2.45, 2.75) is 19.8 Å². The number of ether oxygens (including phenoxy) is 2. The summed E-state index contributed by atoms with van der Waals surface area (Å²) in [4.78, 5) is 0. The Morgan fingerprint density at radius 1 is 1.39 bits per heavy atom. The third-order valence-electron chi connectivity index (χ3n) is 3.57. The minimum atomic E-state index is 0.163. The smallest absolute Gasteiger partial charge is 0.123 e. The first kappa shape index (κ1) is 14.2. The zero-order valence-corrected chi connectivity index (χ0v) is 13.1. The van der Waals surface area contributed by atoms with Gasteiger partial charge in [0, 0.05) is 23.1 Å². The van der Waals surface area contributed by atoms with E-state index in [-0.39, 0.29) is 5.41 Å². The van der Waals surface area contributed by atoms with E-state index < -0.39 is 0 Å². The number of hydrogen-bond acceptors (Lipinski definition) is 3. The molecule has 2 nitrogen and oxygen atoms in total. The highest BCUT2D eigenvalue weighted by Crippen LogP contribution is 2.33. The molecule has 2 rings (SSSR count). The van der Waals surface area contributed by atoms with Gasteiger partial charge in [-0.2, -0.15) is 12.6 Å². The lowest BCUT2D eigenvalue weighted by Gasteiger charge is -2.35. The Hall–Kier alpha value is -0.190. The van der Waals surface area contributed by atoms with Crippen LogP contribution in [0.15, 0.2) is 22.7 Å². The van der Waals surface area contributed by atoms with Crippen molar-refractivity contribution < 1.29 is 9.47 Å². The molecular formula is C14H19BrO2S. The summed E-state index contributed by atoms with van der Waals surface area (Å²) in [6, 6.07) is 6.13. The van der Waals surface area contributed by atoms with Crippen LogP contribution in [-0.2, 0) is 4.74 Å². The van der Waals surface area contributed by atoms with E-state index in [0.717, 1.165) is 48.6 Å². The molecule has 100 valence electrons. The average molecular weight is 331 g/mol. The molecule has 4 heteroatoms. The maximum atomic E-state index is 6.02. The van der Waals surface area contributed by atoms with Crippen molar-refractivity contribution >= 4 is 28.6 Å². The molecular weight excluding hydrogens is 312 g/mol. The molecule has 1 heterocycles. The molecule has 18 heavy (non-hydrogen) atoms. The minimum Gasteiger partial charge on any atom is -0.493 e. The Labute approximate surface area is 123 Å². The highest BCUT2D eigenvalue weighted by Gasteiger charge is 2.32. The zero-order valence-electron chi connectivity index (χ0n) is 10.6. The lowest BCUT2D eigenvalue weighted by molar-refractivity contribution is 0.00298. The molecule has 0 atom stereocenters. The molecule has 0 spiro atoms. The summed E-state index contributed by atoms with van der Waals surface area (Å²) in [7, 11) is 0. The van der Waals surface area contributed by atoms with Crippen LogP contribution < -0.4 is 4.74 Å². The summed E-state index contributed by atoms with van der Waals surface area (Å²) in [5.74, 6) is 1.81. The molecule has 0 amide bonds. The van der Waals surface area contributed by atoms with Gasteiger partial charge in [-0.3, -0.25) is 0 Å². The molecule has 1 aliphatic heterocycles. The van der Waals surface area contributed by atoms with Crippen molar-refractivity contribution in [3.8, 4) is 5.75 Å². The quantitative estimate of drug-likeness (QED) is 0.845. The van der Waals surface area contributed by atoms with Crippen LogP contribution in [-0.4, -0.2) is 25.6 Å². The SMILES string of the molecule is Cc1ccc(Br)cc1OCC1(CS)CCOCC1. The van der Waals surface area contributed by atoms with Gasteiger partial charge in [0.2, 0.25) is 0 Å². The fourth-order valence-electron chi connectivity index (χ4n) is 2.11. The number of halogens is 1. The van der Waals surface area contributed by atoms with Crippen LogP contribution in [0, 0.1) is 12.3 Å². The van der Waals surface area contributed by atoms with Crippen LogP contribution in [0.4, 0.5) is 0 Å². The summed E-state index contributed by atoms with van der Waals surface area (Å²) in [5, 5.41) is 0. The molecule has 1 aromatic carbocycles. The predicted molar refractivity (Wildman–Crippen MR) is 80.7 cm³/mol. The Bertz CT molecular complexity index is 403. The fourth-order valence-corrected chi connectivity index (χ4v) is 2.86. The molecule has 0 unspecified atom stereocenters. The molecule has 0 bridgehead atoms. The van der Waals surface area contributed by atoms with Crippen LogP contribution in [0.1, 0.15) is 18.4 Å². The van der Waals surface area contributed by atoms with E-state index in [0.29, 0.717) is 0 Å². The first-order chi connectivity index (χ1) is 8.65. The summed E-state index contributed by atoms with van der Waals surface area (Å²) < 4.78 is 12.5. The second kappa shape index (κ2) is 6.31. The van der Waals surface area contributed by atoms with Crippen molar-refractivity contribution in [2.24, 2.45) is 5.41 Å². The molecule has 1 aliphatic rings. The van der Waals surface area contributed by atoms with Gasteiger partial charge in [0.15, 0.2) is 0 Å². The van der Waals surface area contributed by atoms with Crippen molar-refractivity contribution in [3.63, 3.8) is 0 Å². The van der Waals surface area contributed by atoms with E-state index in [4.69, 9.17) is 9.47 Å². The maximum Gasteiger partial charge on any atom is 0.123 e. The second-order valence-corrected chi connectivity index (χ2v) is 6.20. The van der Waals surface area contributed by atoms with Gasteiger partial charge in [-0.25, -0.2) is 0 Å². The van der Waals surface area contributed by atoms with Gasteiger partial charge in [-0.05, 0) is 43.2 Å². The second-order valence-electron chi connectivity index (χ2n) is 4.97. The first-order valence-electron chi connectivity index (χ1n) is 6.23. The molecule has 0 saturated carbocycles. The maximum absolute atomic E-state index is 6.02. The predicted octanol–water partition coefficient (Wildman–Crippen LogP) is 3.86. The largest absolute Gasteiger partial charge is 0.493 e. The van der Waals surface area contributed by atoms with Gasteiger partial charge >= 0.3 is 0 Å². The first-order valence-corrected chi connectivity index (χ1v) is 7.65. The fraction of sp³-hybridized carbons (Fsp3) is 0.571. The Morgan fingerprint density at radius 2 is 2.11 bits per heavy atom. The Kier molecular flexibility index (Phi) is 4.98. The molecule has 0 aromatic heterocycles. The van der Waals surface area contributed by atoms with E-state index in [9.17, 15) is 0 Å². The number of aryl methyl sites for hydroxylation is 1. The standard InChI is InChI=1S/C14H19BrO2S/c1-11-2-3-12(15)8-13(11)17-9-14(10-18)4-6-16-7-5-14/h2-3,8,18H,4-7,9-10H2,1H3. The van der Waals surface area contributed by atoms with Crippen LogP contribution >= 0.6 is 28.6 Å². The third kappa shape index (κ3) is 3.43. The van der Waals surface area contributed by atoms with E-state index in [1.807, 2.05) is 12.1 Å². The molecule has 1 saturated heterocycles. The van der Waals surface area contributed by atoms with Crippen molar-refractivity contribution in [1.82, 2.24) is 0 Å². The van der Waals surface area contributed by atoms with Crippen LogP contribution in [0.5, 0.6) is 5.75 Å². The van der Waals surface area contributed by atoms with Crippen LogP contribution in [0.2, 0.25) is 0 Å². The highest BCUT2D eigenvalue weighted by atomic mass is 79.9. The summed E-state index contributed by atoms with van der Waals surface area (Å²) in [5.41, 5.74) is 1.33. The van der Waals surface area contributed by atoms with E-state index in [1.165, 1.54) is 5.56 Å². The van der Waals surface area contributed by atoms with E-state index in [2.05, 4.69) is 41.5 Å². The summed E-state index contributed by atoms with van der Waals surface area (Å²) >= 11 is 7.97. The van der Waals surface area contributed by atoms with Crippen molar-refractivity contribution in [3.05, 3.63) is 28.2 Å². The monoisotopic (exact) mass is 330 g/mol. The van der Waals surface area contributed by atoms with Crippen molar-refractivity contribution in [2.75, 3.05) is 25.6 Å². The minimum absolute atomic E-state index is 0.163. The van der Waals surface area contributed by atoms with E-state index >= 15 is 0 Å². The van der Waals surface area contributed by atoms with Crippen LogP contribution in [0.3, 0.4) is 0 Å². The van der Waals surface area contributed by atoms with Gasteiger partial charge in [0.1, 0.15) is 5.75 Å². The lowest BCUT2D eigenvalue weighted by atomic mass is 9.83. The molecule has 0 radical (unpaired) electrons. The number of hydrogen-bond donors (Lipinski definition) is 1.